The van der Waals surface area contributed by atoms with Crippen molar-refractivity contribution in [3.63, 3.8) is 0 Å². The van der Waals surface area contributed by atoms with Gasteiger partial charge in [-0.3, -0.25) is 4.79 Å². The first-order valence-corrected chi connectivity index (χ1v) is 8.01. The molecule has 0 spiro atoms. The third-order valence-corrected chi connectivity index (χ3v) is 4.88. The lowest BCUT2D eigenvalue weighted by Crippen LogP contribution is -2.34. The summed E-state index contributed by atoms with van der Waals surface area (Å²) in [5.74, 6) is -0.657. The van der Waals surface area contributed by atoms with Crippen LogP contribution in [0, 0.1) is 17.2 Å². The van der Waals surface area contributed by atoms with E-state index < -0.39 is 21.2 Å². The Morgan fingerprint density at radius 2 is 1.95 bits per heavy atom. The van der Waals surface area contributed by atoms with Crippen molar-refractivity contribution in [2.75, 3.05) is 6.54 Å². The molecule has 0 heterocycles. The molecule has 0 aromatic carbocycles. The van der Waals surface area contributed by atoms with E-state index in [9.17, 15) is 13.2 Å². The third kappa shape index (κ3) is 7.13. The zero-order chi connectivity index (χ0) is 14.9. The second-order valence-electron chi connectivity index (χ2n) is 4.46. The summed E-state index contributed by atoms with van der Waals surface area (Å²) in [5, 5.41) is 16.3. The summed E-state index contributed by atoms with van der Waals surface area (Å²) in [5.41, 5.74) is 0. The first-order chi connectivity index (χ1) is 8.87. The summed E-state index contributed by atoms with van der Waals surface area (Å²) in [6, 6.07) is 1.76. The largest absolute Gasteiger partial charge is 0.481 e. The van der Waals surface area contributed by atoms with Crippen LogP contribution in [0.3, 0.4) is 0 Å². The molecule has 0 aliphatic carbocycles. The van der Waals surface area contributed by atoms with Crippen LogP contribution in [0.1, 0.15) is 46.0 Å². The van der Waals surface area contributed by atoms with Gasteiger partial charge < -0.3 is 5.11 Å². The Kier molecular flexibility index (Phi) is 8.35. The maximum absolute atomic E-state index is 11.7. The quantitative estimate of drug-likeness (QED) is 0.633. The van der Waals surface area contributed by atoms with Gasteiger partial charge in [0, 0.05) is 13.0 Å². The summed E-state index contributed by atoms with van der Waals surface area (Å²) in [4.78, 5) is 10.5. The minimum atomic E-state index is -3.59. The van der Waals surface area contributed by atoms with Crippen molar-refractivity contribution in [3.05, 3.63) is 0 Å². The van der Waals surface area contributed by atoms with Crippen LogP contribution < -0.4 is 4.72 Å². The second-order valence-corrected chi connectivity index (χ2v) is 6.41. The summed E-state index contributed by atoms with van der Waals surface area (Å²) < 4.78 is 25.8. The lowest BCUT2D eigenvalue weighted by molar-refractivity contribution is -0.137. The Morgan fingerprint density at radius 1 is 1.32 bits per heavy atom. The molecule has 6 nitrogen and oxygen atoms in total. The highest BCUT2D eigenvalue weighted by Gasteiger charge is 2.22. The molecule has 19 heavy (non-hydrogen) atoms. The van der Waals surface area contributed by atoms with Gasteiger partial charge in [0.05, 0.1) is 6.07 Å². The van der Waals surface area contributed by atoms with Gasteiger partial charge in [0.2, 0.25) is 10.0 Å². The molecule has 2 unspecified atom stereocenters. The predicted octanol–water partition coefficient (Wildman–Crippen LogP) is 1.49. The number of nitriles is 1. The highest BCUT2D eigenvalue weighted by atomic mass is 32.2. The normalized spacial score (nSPS) is 14.6. The Labute approximate surface area is 114 Å². The summed E-state index contributed by atoms with van der Waals surface area (Å²) in [6.45, 7) is 3.85. The van der Waals surface area contributed by atoms with Gasteiger partial charge in [-0.25, -0.2) is 13.1 Å². The molecule has 0 amide bonds. The molecular formula is C12H22N2O4S. The predicted molar refractivity (Wildman–Crippen MR) is 71.9 cm³/mol. The van der Waals surface area contributed by atoms with E-state index in [1.165, 1.54) is 0 Å². The highest BCUT2D eigenvalue weighted by molar-refractivity contribution is 7.90. The fourth-order valence-electron chi connectivity index (χ4n) is 1.77. The van der Waals surface area contributed by atoms with Crippen molar-refractivity contribution in [2.24, 2.45) is 5.92 Å². The number of nitrogens with zero attached hydrogens (tertiary/aromatic N) is 1. The van der Waals surface area contributed by atoms with Crippen molar-refractivity contribution in [3.8, 4) is 6.07 Å². The Morgan fingerprint density at radius 3 is 2.37 bits per heavy atom. The van der Waals surface area contributed by atoms with E-state index in [0.717, 1.165) is 6.42 Å². The van der Waals surface area contributed by atoms with Gasteiger partial charge in [-0.2, -0.15) is 5.26 Å². The Bertz CT molecular complexity index is 414. The van der Waals surface area contributed by atoms with Crippen molar-refractivity contribution >= 4 is 16.0 Å². The molecule has 0 saturated carbocycles. The fourth-order valence-corrected chi connectivity index (χ4v) is 2.95. The molecule has 0 fully saturated rings. The van der Waals surface area contributed by atoms with E-state index in [-0.39, 0.29) is 25.3 Å². The monoisotopic (exact) mass is 290 g/mol. The first-order valence-electron chi connectivity index (χ1n) is 6.47. The number of carboxylic acid groups (broad SMARTS) is 1. The molecule has 0 bridgehead atoms. The first kappa shape index (κ1) is 17.9. The molecule has 2 atom stereocenters. The molecule has 0 aromatic rings. The number of hydrogen-bond acceptors (Lipinski definition) is 4. The molecule has 7 heteroatoms. The van der Waals surface area contributed by atoms with Gasteiger partial charge in [-0.1, -0.05) is 20.3 Å². The molecule has 0 saturated heterocycles. The molecular weight excluding hydrogens is 268 g/mol. The maximum Gasteiger partial charge on any atom is 0.303 e. The van der Waals surface area contributed by atoms with E-state index in [1.54, 1.807) is 13.0 Å². The topological polar surface area (TPSA) is 107 Å². The van der Waals surface area contributed by atoms with Crippen LogP contribution >= 0.6 is 0 Å². The molecule has 0 radical (unpaired) electrons. The van der Waals surface area contributed by atoms with Gasteiger partial charge in [0.1, 0.15) is 0 Å². The average Bonchev–Trinajstić information content (AvgIpc) is 2.34. The Balaban J connectivity index is 4.19. The van der Waals surface area contributed by atoms with Crippen molar-refractivity contribution in [2.45, 2.75) is 51.2 Å². The lowest BCUT2D eigenvalue weighted by atomic mass is 9.97. The van der Waals surface area contributed by atoms with Crippen LogP contribution in [0.4, 0.5) is 0 Å². The maximum atomic E-state index is 11.7. The molecule has 0 aromatic heterocycles. The number of aliphatic carboxylic acids is 1. The number of carbonyl (C=O) groups is 1. The van der Waals surface area contributed by atoms with Gasteiger partial charge in [-0.05, 0) is 25.2 Å². The smallest absolute Gasteiger partial charge is 0.303 e. The minimum absolute atomic E-state index is 0.0983. The van der Waals surface area contributed by atoms with Gasteiger partial charge in [-0.15, -0.1) is 0 Å². The van der Waals surface area contributed by atoms with E-state index >= 15 is 0 Å². The number of carboxylic acids is 1. The van der Waals surface area contributed by atoms with Crippen LogP contribution in [0.5, 0.6) is 0 Å². The van der Waals surface area contributed by atoms with Crippen molar-refractivity contribution in [1.82, 2.24) is 4.72 Å². The summed E-state index contributed by atoms with van der Waals surface area (Å²) >= 11 is 0. The zero-order valence-electron chi connectivity index (χ0n) is 11.4. The summed E-state index contributed by atoms with van der Waals surface area (Å²) in [6.07, 6.45) is 2.29. The van der Waals surface area contributed by atoms with E-state index in [4.69, 9.17) is 10.4 Å². The fraction of sp³-hybridized carbons (Fsp3) is 0.833. The number of nitrogens with one attached hydrogen (secondary N) is 1. The lowest BCUT2D eigenvalue weighted by Gasteiger charge is -2.15. The zero-order valence-corrected chi connectivity index (χ0v) is 12.2. The van der Waals surface area contributed by atoms with Gasteiger partial charge >= 0.3 is 5.97 Å². The number of rotatable bonds is 10. The molecule has 0 aliphatic heterocycles. The minimum Gasteiger partial charge on any atom is -0.481 e. The van der Waals surface area contributed by atoms with Crippen LogP contribution in [-0.4, -0.2) is 31.3 Å². The van der Waals surface area contributed by atoms with Gasteiger partial charge in [0.25, 0.3) is 0 Å². The van der Waals surface area contributed by atoms with E-state index in [1.807, 2.05) is 6.92 Å². The Hall–Kier alpha value is -1.13. The number of hydrogen-bond donors (Lipinski definition) is 2. The van der Waals surface area contributed by atoms with Gasteiger partial charge in [0.15, 0.2) is 5.25 Å². The SMILES string of the molecule is CCC(CCNS(=O)(=O)C(C#N)CC)CCC(=O)O. The van der Waals surface area contributed by atoms with Crippen LogP contribution in [0.25, 0.3) is 0 Å². The standard InChI is InChI=1S/C12H22N2O4S/c1-3-10(5-6-12(15)16)7-8-14-19(17,18)11(4-2)9-13/h10-11,14H,3-8H2,1-2H3,(H,15,16). The molecule has 0 rings (SSSR count). The van der Waals surface area contributed by atoms with Crippen LogP contribution in [0.15, 0.2) is 0 Å². The van der Waals surface area contributed by atoms with E-state index in [0.29, 0.717) is 12.8 Å². The van der Waals surface area contributed by atoms with Crippen molar-refractivity contribution < 1.29 is 18.3 Å². The number of sulfonamides is 1. The van der Waals surface area contributed by atoms with Crippen LogP contribution in [-0.2, 0) is 14.8 Å². The third-order valence-electron chi connectivity index (χ3n) is 3.09. The molecule has 0 aliphatic rings. The van der Waals surface area contributed by atoms with Crippen molar-refractivity contribution in [1.29, 1.82) is 5.26 Å². The van der Waals surface area contributed by atoms with E-state index in [2.05, 4.69) is 4.72 Å². The average molecular weight is 290 g/mol. The molecule has 2 N–H and O–H groups in total. The van der Waals surface area contributed by atoms with Crippen LogP contribution in [0.2, 0.25) is 0 Å². The summed E-state index contributed by atoms with van der Waals surface area (Å²) in [7, 11) is -3.59. The highest BCUT2D eigenvalue weighted by Crippen LogP contribution is 2.15. The second kappa shape index (κ2) is 8.88. The molecule has 110 valence electrons.